The number of carbonyl (C=O) groups excluding carboxylic acids is 2. The predicted octanol–water partition coefficient (Wildman–Crippen LogP) is 6.02. The molecule has 1 N–H and O–H groups in total. The van der Waals surface area contributed by atoms with Crippen molar-refractivity contribution >= 4 is 39.1 Å². The Morgan fingerprint density at radius 1 is 0.951 bits per heavy atom. The van der Waals surface area contributed by atoms with Crippen molar-refractivity contribution in [3.8, 4) is 0 Å². The summed E-state index contributed by atoms with van der Waals surface area (Å²) < 4.78 is 29.1. The molecule has 4 rings (SSSR count). The number of hydrogen-bond acceptors (Lipinski definition) is 4. The van der Waals surface area contributed by atoms with E-state index in [2.05, 4.69) is 5.32 Å². The molecule has 0 radical (unpaired) electrons. The van der Waals surface area contributed by atoms with Crippen LogP contribution in [0.15, 0.2) is 77.7 Å². The molecule has 9 heteroatoms. The van der Waals surface area contributed by atoms with Gasteiger partial charge in [0.2, 0.25) is 11.8 Å². The van der Waals surface area contributed by atoms with E-state index < -0.39 is 28.5 Å². The molecule has 7 nitrogen and oxygen atoms in total. The van der Waals surface area contributed by atoms with Gasteiger partial charge in [-0.05, 0) is 80.1 Å². The van der Waals surface area contributed by atoms with Crippen molar-refractivity contribution in [1.29, 1.82) is 0 Å². The van der Waals surface area contributed by atoms with Gasteiger partial charge < -0.3 is 10.2 Å². The molecular weight excluding hydrogens is 558 g/mol. The largest absolute Gasteiger partial charge is 0.352 e. The van der Waals surface area contributed by atoms with Crippen LogP contribution in [0.25, 0.3) is 0 Å². The van der Waals surface area contributed by atoms with Crippen molar-refractivity contribution in [3.63, 3.8) is 0 Å². The quantitative estimate of drug-likeness (QED) is 0.294. The van der Waals surface area contributed by atoms with E-state index in [1.807, 2.05) is 39.0 Å². The van der Waals surface area contributed by atoms with Gasteiger partial charge in [0.15, 0.2) is 0 Å². The highest BCUT2D eigenvalue weighted by molar-refractivity contribution is 7.92. The lowest BCUT2D eigenvalue weighted by atomic mass is 10.1. The van der Waals surface area contributed by atoms with Crippen molar-refractivity contribution in [2.24, 2.45) is 0 Å². The number of amides is 2. The Morgan fingerprint density at radius 3 is 2.17 bits per heavy atom. The minimum atomic E-state index is -4.11. The number of sulfonamides is 1. The first-order valence-corrected chi connectivity index (χ1v) is 15.9. The van der Waals surface area contributed by atoms with Crippen LogP contribution >= 0.6 is 11.6 Å². The van der Waals surface area contributed by atoms with Crippen LogP contribution in [0.4, 0.5) is 5.69 Å². The molecule has 1 atom stereocenters. The molecule has 1 aliphatic rings. The molecule has 3 aromatic rings. The molecule has 2 amide bonds. The predicted molar refractivity (Wildman–Crippen MR) is 163 cm³/mol. The minimum absolute atomic E-state index is 0.0706. The number of nitrogens with zero attached hydrogens (tertiary/aromatic N) is 2. The summed E-state index contributed by atoms with van der Waals surface area (Å²) in [6.07, 6.45) is 4.31. The summed E-state index contributed by atoms with van der Waals surface area (Å²) in [6.45, 7) is 5.22. The molecule has 0 bridgehead atoms. The Morgan fingerprint density at radius 2 is 1.56 bits per heavy atom. The van der Waals surface area contributed by atoms with Crippen molar-refractivity contribution in [3.05, 3.63) is 94.5 Å². The smallest absolute Gasteiger partial charge is 0.264 e. The van der Waals surface area contributed by atoms with Crippen LogP contribution < -0.4 is 9.62 Å². The van der Waals surface area contributed by atoms with Crippen LogP contribution in [-0.2, 0) is 26.2 Å². The molecule has 1 fully saturated rings. The normalized spacial score (nSPS) is 14.4. The average Bonchev–Trinajstić information content (AvgIpc) is 3.45. The topological polar surface area (TPSA) is 86.8 Å². The number of nitrogens with one attached hydrogen (secondary N) is 1. The Hall–Kier alpha value is -3.36. The summed E-state index contributed by atoms with van der Waals surface area (Å²) in [4.78, 5) is 29.3. The fraction of sp³-hybridized carbons (Fsp3) is 0.375. The summed E-state index contributed by atoms with van der Waals surface area (Å²) in [5, 5.41) is 3.60. The number of carbonyl (C=O) groups is 2. The molecule has 0 heterocycles. The van der Waals surface area contributed by atoms with Crippen LogP contribution in [0.2, 0.25) is 5.02 Å². The molecular formula is C32H38ClN3O4S. The van der Waals surface area contributed by atoms with Gasteiger partial charge in [0.25, 0.3) is 10.0 Å². The second kappa shape index (κ2) is 13.5. The molecule has 0 spiro atoms. The number of benzene rings is 3. The van der Waals surface area contributed by atoms with Gasteiger partial charge in [-0.3, -0.25) is 13.9 Å². The molecule has 41 heavy (non-hydrogen) atoms. The maximum atomic E-state index is 14.2. The third-order valence-corrected chi connectivity index (χ3v) is 9.65. The summed E-state index contributed by atoms with van der Waals surface area (Å²) >= 11 is 6.48. The molecule has 0 aromatic heterocycles. The summed E-state index contributed by atoms with van der Waals surface area (Å²) in [5.41, 5.74) is 2.81. The van der Waals surface area contributed by atoms with Gasteiger partial charge in [-0.2, -0.15) is 0 Å². The SMILES string of the molecule is CCC(C(=O)NC1CCCC1)N(Cc1ccccc1Cl)C(=O)CN(c1cc(C)cc(C)c1)S(=O)(=O)c1ccccc1. The zero-order valence-corrected chi connectivity index (χ0v) is 25.4. The van der Waals surface area contributed by atoms with Crippen LogP contribution in [0, 0.1) is 13.8 Å². The number of hydrogen-bond donors (Lipinski definition) is 1. The van der Waals surface area contributed by atoms with E-state index in [0.717, 1.165) is 41.1 Å². The molecule has 0 aliphatic heterocycles. The Labute approximate surface area is 248 Å². The van der Waals surface area contributed by atoms with Crippen molar-refractivity contribution in [2.75, 3.05) is 10.8 Å². The van der Waals surface area contributed by atoms with E-state index in [1.165, 1.54) is 17.0 Å². The maximum absolute atomic E-state index is 14.2. The Bertz CT molecular complexity index is 1450. The van der Waals surface area contributed by atoms with Crippen LogP contribution in [0.5, 0.6) is 0 Å². The maximum Gasteiger partial charge on any atom is 0.264 e. The zero-order valence-electron chi connectivity index (χ0n) is 23.8. The first-order chi connectivity index (χ1) is 19.6. The first-order valence-electron chi connectivity index (χ1n) is 14.1. The average molecular weight is 596 g/mol. The van der Waals surface area contributed by atoms with E-state index in [4.69, 9.17) is 11.6 Å². The van der Waals surface area contributed by atoms with Gasteiger partial charge in [0, 0.05) is 17.6 Å². The molecule has 3 aromatic carbocycles. The Balaban J connectivity index is 1.74. The minimum Gasteiger partial charge on any atom is -0.352 e. The van der Waals surface area contributed by atoms with Gasteiger partial charge in [-0.25, -0.2) is 8.42 Å². The fourth-order valence-electron chi connectivity index (χ4n) is 5.44. The van der Waals surface area contributed by atoms with Crippen molar-refractivity contribution < 1.29 is 18.0 Å². The fourth-order valence-corrected chi connectivity index (χ4v) is 7.05. The molecule has 1 aliphatic carbocycles. The van der Waals surface area contributed by atoms with Crippen LogP contribution in [0.1, 0.15) is 55.7 Å². The van der Waals surface area contributed by atoms with E-state index in [1.54, 1.807) is 42.5 Å². The summed E-state index contributed by atoms with van der Waals surface area (Å²) in [7, 11) is -4.11. The zero-order chi connectivity index (χ0) is 29.6. The third-order valence-electron chi connectivity index (χ3n) is 7.49. The number of rotatable bonds is 11. The van der Waals surface area contributed by atoms with Gasteiger partial charge in [-0.15, -0.1) is 0 Å². The summed E-state index contributed by atoms with van der Waals surface area (Å²) in [6, 6.07) is 20.0. The number of aryl methyl sites for hydroxylation is 2. The summed E-state index contributed by atoms with van der Waals surface area (Å²) in [5.74, 6) is -0.722. The van der Waals surface area contributed by atoms with Crippen LogP contribution in [0.3, 0.4) is 0 Å². The number of anilines is 1. The monoisotopic (exact) mass is 595 g/mol. The lowest BCUT2D eigenvalue weighted by molar-refractivity contribution is -0.140. The van der Waals surface area contributed by atoms with Crippen molar-refractivity contribution in [1.82, 2.24) is 10.2 Å². The first kappa shape index (κ1) is 30.6. The molecule has 0 saturated heterocycles. The second-order valence-electron chi connectivity index (χ2n) is 10.7. The lowest BCUT2D eigenvalue weighted by Crippen LogP contribution is -2.53. The van der Waals surface area contributed by atoms with Crippen molar-refractivity contribution in [2.45, 2.75) is 76.4 Å². The highest BCUT2D eigenvalue weighted by atomic mass is 35.5. The third kappa shape index (κ3) is 7.49. The van der Waals surface area contributed by atoms with E-state index >= 15 is 0 Å². The highest BCUT2D eigenvalue weighted by Crippen LogP contribution is 2.28. The number of halogens is 1. The lowest BCUT2D eigenvalue weighted by Gasteiger charge is -2.34. The van der Waals surface area contributed by atoms with Crippen LogP contribution in [-0.4, -0.2) is 43.8 Å². The van der Waals surface area contributed by atoms with E-state index in [9.17, 15) is 18.0 Å². The Kier molecular flexibility index (Phi) is 10.1. The van der Waals surface area contributed by atoms with E-state index in [-0.39, 0.29) is 23.4 Å². The van der Waals surface area contributed by atoms with E-state index in [0.29, 0.717) is 22.7 Å². The highest BCUT2D eigenvalue weighted by Gasteiger charge is 2.35. The van der Waals surface area contributed by atoms with Gasteiger partial charge in [0.1, 0.15) is 12.6 Å². The molecule has 218 valence electrons. The second-order valence-corrected chi connectivity index (χ2v) is 13.0. The molecule has 1 saturated carbocycles. The van der Waals surface area contributed by atoms with Gasteiger partial charge >= 0.3 is 0 Å². The standard InChI is InChI=1S/C32H38ClN3O4S/c1-4-30(32(38)34-26-13-9-10-14-26)35(21-25-12-8-11-17-29(25)33)31(37)22-36(27-19-23(2)18-24(3)20-27)41(39,40)28-15-6-5-7-16-28/h5-8,11-12,15-20,26,30H,4,9-10,13-14,21-22H2,1-3H3,(H,34,38). The molecule has 1 unspecified atom stereocenters. The van der Waals surface area contributed by atoms with Gasteiger partial charge in [-0.1, -0.05) is 73.8 Å². The van der Waals surface area contributed by atoms with Gasteiger partial charge in [0.05, 0.1) is 10.6 Å².